The van der Waals surface area contributed by atoms with Crippen LogP contribution in [-0.4, -0.2) is 21.7 Å². The zero-order chi connectivity index (χ0) is 19.0. The molecular weight excluding hydrogens is 385 g/mol. The number of Topliss-reactive ketones (excluding diaryl/α,β-unsaturated/α-hetero) is 1. The van der Waals surface area contributed by atoms with Gasteiger partial charge in [-0.15, -0.1) is 22.7 Å². The SMILES string of the molecule is O=C(C1=C(O)C(=O)N(Cc2cccs2)C1c1ccccc1F)c1cccs1. The van der Waals surface area contributed by atoms with Gasteiger partial charge < -0.3 is 10.0 Å². The zero-order valence-electron chi connectivity index (χ0n) is 14.0. The Balaban J connectivity index is 1.83. The number of halogens is 1. The van der Waals surface area contributed by atoms with E-state index < -0.39 is 29.3 Å². The predicted octanol–water partition coefficient (Wildman–Crippen LogP) is 4.73. The monoisotopic (exact) mass is 399 g/mol. The fourth-order valence-electron chi connectivity index (χ4n) is 3.18. The van der Waals surface area contributed by atoms with Crippen LogP contribution in [0.15, 0.2) is 70.6 Å². The van der Waals surface area contributed by atoms with Crippen LogP contribution >= 0.6 is 22.7 Å². The lowest BCUT2D eigenvalue weighted by molar-refractivity contribution is -0.130. The summed E-state index contributed by atoms with van der Waals surface area (Å²) in [5, 5.41) is 14.1. The zero-order valence-corrected chi connectivity index (χ0v) is 15.6. The Morgan fingerprint density at radius 3 is 2.48 bits per heavy atom. The number of amides is 1. The van der Waals surface area contributed by atoms with E-state index in [1.165, 1.54) is 39.7 Å². The van der Waals surface area contributed by atoms with Crippen molar-refractivity contribution in [2.75, 3.05) is 0 Å². The van der Waals surface area contributed by atoms with E-state index in [9.17, 15) is 19.1 Å². The lowest BCUT2D eigenvalue weighted by Gasteiger charge is -2.26. The first-order chi connectivity index (χ1) is 13.1. The number of carbonyl (C=O) groups excluding carboxylic acids is 2. The van der Waals surface area contributed by atoms with Crippen molar-refractivity contribution < 1.29 is 19.1 Å². The Labute approximate surface area is 162 Å². The number of aliphatic hydroxyl groups is 1. The van der Waals surface area contributed by atoms with Crippen molar-refractivity contribution in [2.24, 2.45) is 0 Å². The molecule has 4 rings (SSSR count). The van der Waals surface area contributed by atoms with E-state index in [4.69, 9.17) is 0 Å². The van der Waals surface area contributed by atoms with Crippen molar-refractivity contribution in [3.63, 3.8) is 0 Å². The van der Waals surface area contributed by atoms with E-state index in [0.29, 0.717) is 4.88 Å². The van der Waals surface area contributed by atoms with Crippen LogP contribution in [0.2, 0.25) is 0 Å². The number of hydrogen-bond donors (Lipinski definition) is 1. The summed E-state index contributed by atoms with van der Waals surface area (Å²) in [6.45, 7) is 0.181. The molecular formula is C20H14FNO3S2. The van der Waals surface area contributed by atoms with Crippen molar-refractivity contribution in [2.45, 2.75) is 12.6 Å². The van der Waals surface area contributed by atoms with Crippen LogP contribution in [0.25, 0.3) is 0 Å². The number of aliphatic hydroxyl groups excluding tert-OH is 1. The van der Waals surface area contributed by atoms with Gasteiger partial charge in [-0.05, 0) is 29.0 Å². The molecule has 1 aromatic carbocycles. The second kappa shape index (κ2) is 7.09. The molecule has 3 heterocycles. The minimum absolute atomic E-state index is 0.0795. The second-order valence-corrected chi connectivity index (χ2v) is 7.99. The van der Waals surface area contributed by atoms with Gasteiger partial charge in [0.25, 0.3) is 5.91 Å². The second-order valence-electron chi connectivity index (χ2n) is 6.01. The molecule has 0 radical (unpaired) electrons. The Kier molecular flexibility index (Phi) is 4.63. The van der Waals surface area contributed by atoms with Crippen LogP contribution in [-0.2, 0) is 11.3 Å². The maximum Gasteiger partial charge on any atom is 0.290 e. The molecule has 7 heteroatoms. The minimum atomic E-state index is -0.976. The number of nitrogens with zero attached hydrogens (tertiary/aromatic N) is 1. The van der Waals surface area contributed by atoms with E-state index in [2.05, 4.69) is 0 Å². The van der Waals surface area contributed by atoms with Gasteiger partial charge in [-0.3, -0.25) is 9.59 Å². The number of hydrogen-bond acceptors (Lipinski definition) is 5. The molecule has 0 spiro atoms. The van der Waals surface area contributed by atoms with Crippen molar-refractivity contribution in [3.8, 4) is 0 Å². The Morgan fingerprint density at radius 1 is 1.07 bits per heavy atom. The Hall–Kier alpha value is -2.77. The van der Waals surface area contributed by atoms with Gasteiger partial charge in [-0.1, -0.05) is 30.3 Å². The van der Waals surface area contributed by atoms with Crippen molar-refractivity contribution in [3.05, 3.63) is 91.8 Å². The van der Waals surface area contributed by atoms with Gasteiger partial charge in [-0.2, -0.15) is 0 Å². The normalized spacial score (nSPS) is 17.0. The van der Waals surface area contributed by atoms with Crippen LogP contribution < -0.4 is 0 Å². The van der Waals surface area contributed by atoms with Crippen LogP contribution in [0.4, 0.5) is 4.39 Å². The minimum Gasteiger partial charge on any atom is -0.503 e. The third-order valence-electron chi connectivity index (χ3n) is 4.40. The first kappa shape index (κ1) is 17.6. The molecule has 0 fully saturated rings. The predicted molar refractivity (Wildman–Crippen MR) is 102 cm³/mol. The van der Waals surface area contributed by atoms with E-state index in [1.54, 1.807) is 29.6 Å². The summed E-state index contributed by atoms with van der Waals surface area (Å²) in [7, 11) is 0. The Morgan fingerprint density at radius 2 is 1.81 bits per heavy atom. The molecule has 1 aliphatic rings. The first-order valence-electron chi connectivity index (χ1n) is 8.17. The molecule has 2 aromatic heterocycles. The summed E-state index contributed by atoms with van der Waals surface area (Å²) in [5.74, 6) is -2.27. The molecule has 0 saturated carbocycles. The highest BCUT2D eigenvalue weighted by Crippen LogP contribution is 2.41. The molecule has 1 atom stereocenters. The third kappa shape index (κ3) is 3.09. The van der Waals surface area contributed by atoms with Gasteiger partial charge in [0.2, 0.25) is 5.78 Å². The quantitative estimate of drug-likeness (QED) is 0.631. The lowest BCUT2D eigenvalue weighted by Crippen LogP contribution is -2.30. The highest BCUT2D eigenvalue weighted by Gasteiger charge is 2.44. The van der Waals surface area contributed by atoms with Crippen LogP contribution in [0, 0.1) is 5.82 Å². The summed E-state index contributed by atoms with van der Waals surface area (Å²) in [6.07, 6.45) is 0. The maximum absolute atomic E-state index is 14.6. The van der Waals surface area contributed by atoms with Crippen LogP contribution in [0.5, 0.6) is 0 Å². The molecule has 4 nitrogen and oxygen atoms in total. The summed E-state index contributed by atoms with van der Waals surface area (Å²) in [5.41, 5.74) is 0.107. The fraction of sp³-hybridized carbons (Fsp3) is 0.100. The summed E-state index contributed by atoms with van der Waals surface area (Å²) < 4.78 is 14.6. The van der Waals surface area contributed by atoms with Gasteiger partial charge >= 0.3 is 0 Å². The fourth-order valence-corrected chi connectivity index (χ4v) is 4.56. The van der Waals surface area contributed by atoms with Crippen LogP contribution in [0.3, 0.4) is 0 Å². The van der Waals surface area contributed by atoms with E-state index in [1.807, 2.05) is 17.5 Å². The molecule has 1 amide bonds. The average molecular weight is 399 g/mol. The smallest absolute Gasteiger partial charge is 0.290 e. The summed E-state index contributed by atoms with van der Waals surface area (Å²) >= 11 is 2.66. The van der Waals surface area contributed by atoms with Gasteiger partial charge in [0.15, 0.2) is 5.76 Å². The molecule has 136 valence electrons. The highest BCUT2D eigenvalue weighted by molar-refractivity contribution is 7.12. The molecule has 1 unspecified atom stereocenters. The first-order valence-corrected chi connectivity index (χ1v) is 9.93. The summed E-state index contributed by atoms with van der Waals surface area (Å²) in [4.78, 5) is 28.4. The molecule has 27 heavy (non-hydrogen) atoms. The Bertz CT molecular complexity index is 1030. The topological polar surface area (TPSA) is 57.6 Å². The molecule has 1 aliphatic heterocycles. The van der Waals surface area contributed by atoms with E-state index in [0.717, 1.165) is 4.88 Å². The highest BCUT2D eigenvalue weighted by atomic mass is 32.1. The average Bonchev–Trinajstić information content (AvgIpc) is 3.40. The van der Waals surface area contributed by atoms with Gasteiger partial charge in [-0.25, -0.2) is 4.39 Å². The van der Waals surface area contributed by atoms with E-state index in [-0.39, 0.29) is 17.7 Å². The van der Waals surface area contributed by atoms with Crippen molar-refractivity contribution in [1.29, 1.82) is 0 Å². The molecule has 0 bridgehead atoms. The maximum atomic E-state index is 14.6. The molecule has 0 aliphatic carbocycles. The number of benzene rings is 1. The number of ketones is 1. The molecule has 3 aromatic rings. The van der Waals surface area contributed by atoms with Gasteiger partial charge in [0.05, 0.1) is 23.0 Å². The van der Waals surface area contributed by atoms with E-state index >= 15 is 0 Å². The lowest BCUT2D eigenvalue weighted by atomic mass is 9.95. The molecule has 0 saturated heterocycles. The van der Waals surface area contributed by atoms with Gasteiger partial charge in [0.1, 0.15) is 5.82 Å². The largest absolute Gasteiger partial charge is 0.503 e. The third-order valence-corrected chi connectivity index (χ3v) is 6.13. The number of thiophene rings is 2. The number of carbonyl (C=O) groups is 2. The summed E-state index contributed by atoms with van der Waals surface area (Å²) in [6, 6.07) is 12.1. The van der Waals surface area contributed by atoms with Gasteiger partial charge in [0, 0.05) is 10.4 Å². The number of rotatable bonds is 5. The van der Waals surface area contributed by atoms with Crippen molar-refractivity contribution >= 4 is 34.4 Å². The molecule has 1 N–H and O–H groups in total. The van der Waals surface area contributed by atoms with Crippen molar-refractivity contribution in [1.82, 2.24) is 4.90 Å². The van der Waals surface area contributed by atoms with Crippen LogP contribution in [0.1, 0.15) is 26.2 Å². The standard InChI is InChI=1S/C20H14FNO3S2/c21-14-7-2-1-6-13(14)17-16(18(23)15-8-4-10-27-15)19(24)20(25)22(17)11-12-5-3-9-26-12/h1-10,17,24H,11H2.